The summed E-state index contributed by atoms with van der Waals surface area (Å²) in [4.78, 5) is 14.7. The summed E-state index contributed by atoms with van der Waals surface area (Å²) in [5.41, 5.74) is 1.04. The molecule has 0 spiro atoms. The van der Waals surface area contributed by atoms with Gasteiger partial charge in [-0.05, 0) is 37.8 Å². The SMILES string of the molecule is CCCCN(C(=O)C1CC=CCC1)c1ccccc1. The molecule has 0 fully saturated rings. The van der Waals surface area contributed by atoms with Crippen LogP contribution in [-0.2, 0) is 4.79 Å². The van der Waals surface area contributed by atoms with Gasteiger partial charge in [0.2, 0.25) is 5.91 Å². The smallest absolute Gasteiger partial charge is 0.230 e. The van der Waals surface area contributed by atoms with Crippen molar-refractivity contribution in [3.05, 3.63) is 42.5 Å². The number of para-hydroxylation sites is 1. The molecule has 1 amide bonds. The van der Waals surface area contributed by atoms with Gasteiger partial charge in [0, 0.05) is 18.2 Å². The van der Waals surface area contributed by atoms with E-state index in [1.165, 1.54) is 0 Å². The molecule has 0 heterocycles. The lowest BCUT2D eigenvalue weighted by molar-refractivity contribution is -0.122. The number of hydrogen-bond donors (Lipinski definition) is 0. The van der Waals surface area contributed by atoms with E-state index in [0.29, 0.717) is 5.91 Å². The van der Waals surface area contributed by atoms with Crippen molar-refractivity contribution in [1.82, 2.24) is 0 Å². The highest BCUT2D eigenvalue weighted by Crippen LogP contribution is 2.24. The summed E-state index contributed by atoms with van der Waals surface area (Å²) in [5, 5.41) is 0. The molecule has 0 N–H and O–H groups in total. The normalized spacial score (nSPS) is 18.3. The van der Waals surface area contributed by atoms with Gasteiger partial charge >= 0.3 is 0 Å². The molecule has 102 valence electrons. The molecule has 0 radical (unpaired) electrons. The molecule has 2 rings (SSSR count). The first-order valence-corrected chi connectivity index (χ1v) is 7.34. The van der Waals surface area contributed by atoms with Crippen LogP contribution < -0.4 is 4.90 Å². The second kappa shape index (κ2) is 7.13. The molecule has 1 unspecified atom stereocenters. The van der Waals surface area contributed by atoms with Gasteiger partial charge in [-0.25, -0.2) is 0 Å². The van der Waals surface area contributed by atoms with Gasteiger partial charge in [0.25, 0.3) is 0 Å². The van der Waals surface area contributed by atoms with E-state index >= 15 is 0 Å². The zero-order chi connectivity index (χ0) is 13.5. The molecule has 1 aliphatic rings. The Morgan fingerprint density at radius 1 is 1.26 bits per heavy atom. The summed E-state index contributed by atoms with van der Waals surface area (Å²) < 4.78 is 0. The predicted octanol–water partition coefficient (Wildman–Crippen LogP) is 4.18. The largest absolute Gasteiger partial charge is 0.312 e. The lowest BCUT2D eigenvalue weighted by Gasteiger charge is -2.28. The number of amides is 1. The lowest BCUT2D eigenvalue weighted by Crippen LogP contribution is -2.37. The van der Waals surface area contributed by atoms with Crippen LogP contribution in [0.15, 0.2) is 42.5 Å². The Labute approximate surface area is 116 Å². The van der Waals surface area contributed by atoms with Crippen molar-refractivity contribution in [3.63, 3.8) is 0 Å². The topological polar surface area (TPSA) is 20.3 Å². The molecule has 19 heavy (non-hydrogen) atoms. The molecule has 0 saturated carbocycles. The molecule has 1 aromatic carbocycles. The molecule has 0 aliphatic heterocycles. The fraction of sp³-hybridized carbons (Fsp3) is 0.471. The number of unbranched alkanes of at least 4 members (excludes halogenated alkanes) is 1. The number of anilines is 1. The van der Waals surface area contributed by atoms with Crippen LogP contribution in [0.1, 0.15) is 39.0 Å². The second-order valence-corrected chi connectivity index (χ2v) is 5.16. The van der Waals surface area contributed by atoms with Crippen molar-refractivity contribution in [1.29, 1.82) is 0 Å². The number of allylic oxidation sites excluding steroid dienone is 2. The average molecular weight is 257 g/mol. The van der Waals surface area contributed by atoms with Gasteiger partial charge in [-0.2, -0.15) is 0 Å². The Bertz CT molecular complexity index is 424. The van der Waals surface area contributed by atoms with Crippen molar-refractivity contribution in [2.75, 3.05) is 11.4 Å². The highest BCUT2D eigenvalue weighted by molar-refractivity contribution is 5.95. The van der Waals surface area contributed by atoms with Crippen LogP contribution in [-0.4, -0.2) is 12.5 Å². The van der Waals surface area contributed by atoms with E-state index in [2.05, 4.69) is 19.1 Å². The van der Waals surface area contributed by atoms with Crippen LogP contribution in [0.4, 0.5) is 5.69 Å². The second-order valence-electron chi connectivity index (χ2n) is 5.16. The third kappa shape index (κ3) is 3.69. The molecule has 2 nitrogen and oxygen atoms in total. The van der Waals surface area contributed by atoms with Gasteiger partial charge in [0.15, 0.2) is 0 Å². The van der Waals surface area contributed by atoms with E-state index < -0.39 is 0 Å². The minimum atomic E-state index is 0.169. The Morgan fingerprint density at radius 3 is 2.68 bits per heavy atom. The van der Waals surface area contributed by atoms with Crippen LogP contribution in [0, 0.1) is 5.92 Å². The first-order chi connectivity index (χ1) is 9.33. The first kappa shape index (κ1) is 13.9. The summed E-state index contributed by atoms with van der Waals surface area (Å²) in [5.74, 6) is 0.464. The summed E-state index contributed by atoms with van der Waals surface area (Å²) in [6.45, 7) is 3.00. The summed E-state index contributed by atoms with van der Waals surface area (Å²) in [6, 6.07) is 10.1. The highest BCUT2D eigenvalue weighted by Gasteiger charge is 2.24. The van der Waals surface area contributed by atoms with Gasteiger partial charge in [0.05, 0.1) is 0 Å². The molecule has 1 atom stereocenters. The molecule has 0 aromatic heterocycles. The number of benzene rings is 1. The average Bonchev–Trinajstić information content (AvgIpc) is 2.49. The maximum Gasteiger partial charge on any atom is 0.230 e. The Kier molecular flexibility index (Phi) is 5.20. The summed E-state index contributed by atoms with van der Waals surface area (Å²) in [6.07, 6.45) is 9.42. The third-order valence-corrected chi connectivity index (χ3v) is 3.69. The summed E-state index contributed by atoms with van der Waals surface area (Å²) >= 11 is 0. The van der Waals surface area contributed by atoms with E-state index in [1.807, 2.05) is 35.2 Å². The zero-order valence-corrected chi connectivity index (χ0v) is 11.7. The Balaban J connectivity index is 2.12. The van der Waals surface area contributed by atoms with Gasteiger partial charge in [0.1, 0.15) is 0 Å². The molecule has 2 heteroatoms. The molecular formula is C17H23NO. The van der Waals surface area contributed by atoms with Crippen molar-refractivity contribution in [3.8, 4) is 0 Å². The number of hydrogen-bond acceptors (Lipinski definition) is 1. The van der Waals surface area contributed by atoms with Gasteiger partial charge in [-0.15, -0.1) is 0 Å². The molecule has 1 aromatic rings. The fourth-order valence-corrected chi connectivity index (χ4v) is 2.53. The van der Waals surface area contributed by atoms with Gasteiger partial charge in [-0.1, -0.05) is 43.7 Å². The van der Waals surface area contributed by atoms with E-state index in [0.717, 1.165) is 44.3 Å². The number of carbonyl (C=O) groups excluding carboxylic acids is 1. The Morgan fingerprint density at radius 2 is 2.05 bits per heavy atom. The van der Waals surface area contributed by atoms with E-state index in [9.17, 15) is 4.79 Å². The van der Waals surface area contributed by atoms with Gasteiger partial charge < -0.3 is 4.90 Å². The zero-order valence-electron chi connectivity index (χ0n) is 11.7. The van der Waals surface area contributed by atoms with Crippen LogP contribution in [0.25, 0.3) is 0 Å². The first-order valence-electron chi connectivity index (χ1n) is 7.34. The maximum atomic E-state index is 12.7. The van der Waals surface area contributed by atoms with Crippen LogP contribution in [0.5, 0.6) is 0 Å². The van der Waals surface area contributed by atoms with Crippen molar-refractivity contribution < 1.29 is 4.79 Å². The van der Waals surface area contributed by atoms with E-state index in [4.69, 9.17) is 0 Å². The number of rotatable bonds is 5. The van der Waals surface area contributed by atoms with Gasteiger partial charge in [-0.3, -0.25) is 4.79 Å². The van der Waals surface area contributed by atoms with Crippen LogP contribution in [0.3, 0.4) is 0 Å². The molecular weight excluding hydrogens is 234 g/mol. The van der Waals surface area contributed by atoms with Crippen molar-refractivity contribution in [2.24, 2.45) is 5.92 Å². The van der Waals surface area contributed by atoms with Crippen molar-refractivity contribution in [2.45, 2.75) is 39.0 Å². The van der Waals surface area contributed by atoms with E-state index in [-0.39, 0.29) is 5.92 Å². The predicted molar refractivity (Wildman–Crippen MR) is 80.2 cm³/mol. The third-order valence-electron chi connectivity index (χ3n) is 3.69. The fourth-order valence-electron chi connectivity index (χ4n) is 2.53. The minimum Gasteiger partial charge on any atom is -0.312 e. The molecule has 0 bridgehead atoms. The minimum absolute atomic E-state index is 0.169. The monoisotopic (exact) mass is 257 g/mol. The number of nitrogens with zero attached hydrogens (tertiary/aromatic N) is 1. The van der Waals surface area contributed by atoms with Crippen molar-refractivity contribution >= 4 is 11.6 Å². The van der Waals surface area contributed by atoms with Crippen LogP contribution >= 0.6 is 0 Å². The summed E-state index contributed by atoms with van der Waals surface area (Å²) in [7, 11) is 0. The maximum absolute atomic E-state index is 12.7. The quantitative estimate of drug-likeness (QED) is 0.725. The number of carbonyl (C=O) groups is 1. The standard InChI is InChI=1S/C17H23NO/c1-2-3-14-18(16-12-8-5-9-13-16)17(19)15-10-6-4-7-11-15/h4-6,8-9,12-13,15H,2-3,7,10-11,14H2,1H3. The lowest BCUT2D eigenvalue weighted by atomic mass is 9.93. The molecule has 1 aliphatic carbocycles. The Hall–Kier alpha value is -1.57. The molecule has 0 saturated heterocycles. The highest BCUT2D eigenvalue weighted by atomic mass is 16.2. The van der Waals surface area contributed by atoms with E-state index in [1.54, 1.807) is 0 Å². The van der Waals surface area contributed by atoms with Crippen LogP contribution in [0.2, 0.25) is 0 Å².